The van der Waals surface area contributed by atoms with Gasteiger partial charge in [0.05, 0.1) is 11.3 Å². The number of nitrogens with one attached hydrogen (secondary N) is 1. The molecule has 2 heterocycles. The van der Waals surface area contributed by atoms with E-state index in [9.17, 15) is 0 Å². The van der Waals surface area contributed by atoms with Crippen LogP contribution in [0.5, 0.6) is 0 Å². The normalized spacial score (nSPS) is 24.0. The van der Waals surface area contributed by atoms with Crippen LogP contribution in [0.3, 0.4) is 0 Å². The lowest BCUT2D eigenvalue weighted by Gasteiger charge is -2.16. The van der Waals surface area contributed by atoms with Crippen molar-refractivity contribution in [3.63, 3.8) is 0 Å². The maximum Gasteiger partial charge on any atom is 0.239 e. The van der Waals surface area contributed by atoms with Crippen molar-refractivity contribution in [1.29, 1.82) is 0 Å². The second-order valence-corrected chi connectivity index (χ2v) is 5.17. The standard InChI is InChI=1S/C10H17N3OS/c1-7(11-2)9-12-10(14-13-9)8-5-3-4-6-15-8/h7-8,11H,3-6H2,1-2H3. The monoisotopic (exact) mass is 227 g/mol. The van der Waals surface area contributed by atoms with Gasteiger partial charge >= 0.3 is 0 Å². The highest BCUT2D eigenvalue weighted by Gasteiger charge is 2.23. The van der Waals surface area contributed by atoms with Gasteiger partial charge in [-0.2, -0.15) is 4.98 Å². The Morgan fingerprint density at radius 3 is 3.07 bits per heavy atom. The first-order valence-corrected chi connectivity index (χ1v) is 6.48. The second-order valence-electron chi connectivity index (χ2n) is 3.86. The van der Waals surface area contributed by atoms with E-state index >= 15 is 0 Å². The van der Waals surface area contributed by atoms with Gasteiger partial charge in [-0.05, 0) is 32.6 Å². The zero-order valence-corrected chi connectivity index (χ0v) is 10.0. The molecule has 1 fully saturated rings. The molecule has 1 aliphatic rings. The minimum Gasteiger partial charge on any atom is -0.338 e. The molecule has 84 valence electrons. The zero-order valence-electron chi connectivity index (χ0n) is 9.19. The SMILES string of the molecule is CNC(C)c1noc(C2CCCCS2)n1. The summed E-state index contributed by atoms with van der Waals surface area (Å²) in [4.78, 5) is 4.44. The highest BCUT2D eigenvalue weighted by Crippen LogP contribution is 2.37. The number of hydrogen-bond donors (Lipinski definition) is 1. The number of rotatable bonds is 3. The average molecular weight is 227 g/mol. The molecule has 5 heteroatoms. The predicted molar refractivity (Wildman–Crippen MR) is 60.8 cm³/mol. The Morgan fingerprint density at radius 2 is 2.40 bits per heavy atom. The number of nitrogens with zero attached hydrogens (tertiary/aromatic N) is 2. The van der Waals surface area contributed by atoms with Gasteiger partial charge in [0.2, 0.25) is 5.89 Å². The molecule has 2 rings (SSSR count). The van der Waals surface area contributed by atoms with Gasteiger partial charge in [0, 0.05) is 0 Å². The van der Waals surface area contributed by atoms with E-state index in [1.165, 1.54) is 25.0 Å². The Labute approximate surface area is 94.2 Å². The van der Waals surface area contributed by atoms with Crippen LogP contribution in [0.15, 0.2) is 4.52 Å². The molecule has 1 N–H and O–H groups in total. The van der Waals surface area contributed by atoms with Crippen LogP contribution in [0.1, 0.15) is 49.2 Å². The van der Waals surface area contributed by atoms with E-state index in [0.29, 0.717) is 5.25 Å². The number of hydrogen-bond acceptors (Lipinski definition) is 5. The Bertz CT molecular complexity index is 309. The summed E-state index contributed by atoms with van der Waals surface area (Å²) in [5.41, 5.74) is 0. The fourth-order valence-electron chi connectivity index (χ4n) is 1.62. The Hall–Kier alpha value is -0.550. The molecule has 1 aromatic heterocycles. The van der Waals surface area contributed by atoms with E-state index in [-0.39, 0.29) is 6.04 Å². The summed E-state index contributed by atoms with van der Waals surface area (Å²) in [6.45, 7) is 2.03. The molecule has 0 aromatic carbocycles. The summed E-state index contributed by atoms with van der Waals surface area (Å²) in [6, 6.07) is 0.163. The first-order chi connectivity index (χ1) is 7.31. The highest BCUT2D eigenvalue weighted by atomic mass is 32.2. The third-order valence-corrected chi connectivity index (χ3v) is 4.10. The van der Waals surface area contributed by atoms with E-state index in [1.54, 1.807) is 0 Å². The fourth-order valence-corrected chi connectivity index (χ4v) is 2.85. The lowest BCUT2D eigenvalue weighted by atomic mass is 10.2. The molecule has 1 saturated heterocycles. The van der Waals surface area contributed by atoms with E-state index in [4.69, 9.17) is 4.52 Å². The third kappa shape index (κ3) is 2.52. The molecule has 0 aliphatic carbocycles. The molecule has 2 unspecified atom stereocenters. The van der Waals surface area contributed by atoms with E-state index in [1.807, 2.05) is 25.7 Å². The van der Waals surface area contributed by atoms with Crippen molar-refractivity contribution in [2.45, 2.75) is 37.5 Å². The molecule has 0 radical (unpaired) electrons. The maximum absolute atomic E-state index is 5.31. The van der Waals surface area contributed by atoms with Crippen LogP contribution in [-0.4, -0.2) is 22.9 Å². The quantitative estimate of drug-likeness (QED) is 0.858. The molecule has 0 saturated carbocycles. The van der Waals surface area contributed by atoms with Gasteiger partial charge in [0.1, 0.15) is 0 Å². The predicted octanol–water partition coefficient (Wildman–Crippen LogP) is 2.31. The summed E-state index contributed by atoms with van der Waals surface area (Å²) in [5.74, 6) is 2.78. The van der Waals surface area contributed by atoms with Crippen LogP contribution in [0.2, 0.25) is 0 Å². The van der Waals surface area contributed by atoms with Gasteiger partial charge in [-0.1, -0.05) is 11.6 Å². The minimum atomic E-state index is 0.163. The van der Waals surface area contributed by atoms with E-state index < -0.39 is 0 Å². The van der Waals surface area contributed by atoms with Crippen LogP contribution < -0.4 is 5.32 Å². The molecule has 0 amide bonds. The van der Waals surface area contributed by atoms with Crippen LogP contribution in [-0.2, 0) is 0 Å². The third-order valence-electron chi connectivity index (χ3n) is 2.73. The van der Waals surface area contributed by atoms with Gasteiger partial charge in [-0.25, -0.2) is 0 Å². The van der Waals surface area contributed by atoms with Crippen LogP contribution >= 0.6 is 11.8 Å². The van der Waals surface area contributed by atoms with Crippen molar-refractivity contribution < 1.29 is 4.52 Å². The first kappa shape index (κ1) is 11.0. The van der Waals surface area contributed by atoms with Crippen LogP contribution in [0, 0.1) is 0 Å². The summed E-state index contributed by atoms with van der Waals surface area (Å²) >= 11 is 1.93. The first-order valence-electron chi connectivity index (χ1n) is 5.43. The topological polar surface area (TPSA) is 51.0 Å². The lowest BCUT2D eigenvalue weighted by molar-refractivity contribution is 0.361. The van der Waals surface area contributed by atoms with Crippen molar-refractivity contribution in [1.82, 2.24) is 15.5 Å². The molecule has 1 aliphatic heterocycles. The molecule has 15 heavy (non-hydrogen) atoms. The fraction of sp³-hybridized carbons (Fsp3) is 0.800. The largest absolute Gasteiger partial charge is 0.338 e. The summed E-state index contributed by atoms with van der Waals surface area (Å²) in [6.07, 6.45) is 3.76. The van der Waals surface area contributed by atoms with E-state index in [0.717, 1.165) is 11.7 Å². The minimum absolute atomic E-state index is 0.163. The van der Waals surface area contributed by atoms with Crippen molar-refractivity contribution in [2.75, 3.05) is 12.8 Å². The summed E-state index contributed by atoms with van der Waals surface area (Å²) in [7, 11) is 1.90. The number of thioether (sulfide) groups is 1. The molecular weight excluding hydrogens is 210 g/mol. The second kappa shape index (κ2) is 4.99. The van der Waals surface area contributed by atoms with Gasteiger partial charge in [0.25, 0.3) is 0 Å². The highest BCUT2D eigenvalue weighted by molar-refractivity contribution is 7.99. The van der Waals surface area contributed by atoms with Crippen molar-refractivity contribution >= 4 is 11.8 Å². The van der Waals surface area contributed by atoms with Crippen molar-refractivity contribution in [2.24, 2.45) is 0 Å². The van der Waals surface area contributed by atoms with Crippen molar-refractivity contribution in [3.8, 4) is 0 Å². The molecule has 1 aromatic rings. The Balaban J connectivity index is 2.05. The maximum atomic E-state index is 5.31. The Morgan fingerprint density at radius 1 is 1.53 bits per heavy atom. The molecule has 0 bridgehead atoms. The summed E-state index contributed by atoms with van der Waals surface area (Å²) in [5, 5.41) is 7.53. The lowest BCUT2D eigenvalue weighted by Crippen LogP contribution is -2.14. The van der Waals surface area contributed by atoms with Gasteiger partial charge in [-0.15, -0.1) is 11.8 Å². The molecule has 4 nitrogen and oxygen atoms in total. The average Bonchev–Trinajstić information content (AvgIpc) is 2.78. The van der Waals surface area contributed by atoms with Crippen LogP contribution in [0.25, 0.3) is 0 Å². The smallest absolute Gasteiger partial charge is 0.239 e. The summed E-state index contributed by atoms with van der Waals surface area (Å²) < 4.78 is 5.31. The Kier molecular flexibility index (Phi) is 3.64. The molecule has 0 spiro atoms. The number of aromatic nitrogens is 2. The van der Waals surface area contributed by atoms with E-state index in [2.05, 4.69) is 15.5 Å². The molecule has 2 atom stereocenters. The van der Waals surface area contributed by atoms with Crippen LogP contribution in [0.4, 0.5) is 0 Å². The van der Waals surface area contributed by atoms with Gasteiger partial charge in [-0.3, -0.25) is 0 Å². The van der Waals surface area contributed by atoms with Gasteiger partial charge in [0.15, 0.2) is 5.82 Å². The van der Waals surface area contributed by atoms with Gasteiger partial charge < -0.3 is 9.84 Å². The molecular formula is C10H17N3OS. The zero-order chi connectivity index (χ0) is 10.7. The van der Waals surface area contributed by atoms with Crippen molar-refractivity contribution in [3.05, 3.63) is 11.7 Å².